The zero-order valence-corrected chi connectivity index (χ0v) is 19.7. The van der Waals surface area contributed by atoms with Gasteiger partial charge in [0.05, 0.1) is 30.8 Å². The molecule has 2 aromatic rings. The highest BCUT2D eigenvalue weighted by Crippen LogP contribution is 2.57. The number of aromatic hydroxyl groups is 1. The van der Waals surface area contributed by atoms with Crippen LogP contribution in [0.5, 0.6) is 11.5 Å². The summed E-state index contributed by atoms with van der Waals surface area (Å²) in [6.45, 7) is 3.95. The van der Waals surface area contributed by atoms with Crippen molar-refractivity contribution in [2.24, 2.45) is 5.92 Å². The van der Waals surface area contributed by atoms with Gasteiger partial charge in [0, 0.05) is 17.2 Å². The van der Waals surface area contributed by atoms with Crippen LogP contribution in [0.25, 0.3) is 0 Å². The molecule has 9 heteroatoms. The first-order valence-electron chi connectivity index (χ1n) is 11.1. The van der Waals surface area contributed by atoms with Gasteiger partial charge in [-0.25, -0.2) is 4.79 Å². The van der Waals surface area contributed by atoms with Crippen LogP contribution in [0.4, 0.5) is 0 Å². The van der Waals surface area contributed by atoms with E-state index in [9.17, 15) is 14.5 Å². The van der Waals surface area contributed by atoms with E-state index in [0.29, 0.717) is 22.6 Å². The van der Waals surface area contributed by atoms with Crippen molar-refractivity contribution in [1.82, 2.24) is 0 Å². The highest BCUT2D eigenvalue weighted by Gasteiger charge is 2.57. The summed E-state index contributed by atoms with van der Waals surface area (Å²) in [7, 11) is -3.39. The Hall–Kier alpha value is -2.90. The smallest absolute Gasteiger partial charge is 0.356 e. The van der Waals surface area contributed by atoms with Crippen LogP contribution in [0.15, 0.2) is 66.5 Å². The number of phenols is 1. The molecular weight excluding hydrogens is 459 g/mol. The number of fused-ring (bicyclic) bond motifs is 6. The molecule has 2 heterocycles. The molecule has 3 aliphatic rings. The van der Waals surface area contributed by atoms with Gasteiger partial charge in [0.2, 0.25) is 0 Å². The minimum atomic E-state index is -3.39. The minimum Gasteiger partial charge on any atom is -0.508 e. The van der Waals surface area contributed by atoms with Crippen LogP contribution in [0.1, 0.15) is 35.3 Å². The fraction of sp³-hybridized carbons (Fsp3) is 0.320. The van der Waals surface area contributed by atoms with Gasteiger partial charge in [-0.1, -0.05) is 30.4 Å². The van der Waals surface area contributed by atoms with Gasteiger partial charge in [-0.3, -0.25) is 4.57 Å². The van der Waals surface area contributed by atoms with Gasteiger partial charge < -0.3 is 28.4 Å². The number of rotatable bonds is 7. The number of ether oxygens (including phenoxy) is 3. The summed E-state index contributed by atoms with van der Waals surface area (Å²) in [4.78, 5) is 12.9. The number of hydrogen-bond donors (Lipinski definition) is 1. The monoisotopic (exact) mass is 484 g/mol. The van der Waals surface area contributed by atoms with Gasteiger partial charge in [-0.05, 0) is 38.1 Å². The van der Waals surface area contributed by atoms with E-state index in [-0.39, 0.29) is 25.3 Å². The highest BCUT2D eigenvalue weighted by atomic mass is 31.2. The van der Waals surface area contributed by atoms with Crippen LogP contribution in [-0.2, 0) is 28.7 Å². The summed E-state index contributed by atoms with van der Waals surface area (Å²) in [5, 5.41) is 10.1. The molecule has 1 spiro atoms. The van der Waals surface area contributed by atoms with Crippen LogP contribution >= 0.6 is 7.60 Å². The molecule has 0 amide bonds. The third-order valence-electron chi connectivity index (χ3n) is 6.04. The molecule has 0 fully saturated rings. The van der Waals surface area contributed by atoms with Gasteiger partial charge in [0.15, 0.2) is 5.60 Å². The summed E-state index contributed by atoms with van der Waals surface area (Å²) in [5.74, 6) is 0.0341. The second kappa shape index (κ2) is 8.71. The van der Waals surface area contributed by atoms with Crippen molar-refractivity contribution in [2.45, 2.75) is 25.6 Å². The maximum Gasteiger partial charge on any atom is 0.356 e. The van der Waals surface area contributed by atoms with Crippen LogP contribution in [-0.4, -0.2) is 36.7 Å². The molecule has 0 saturated carbocycles. The number of benzene rings is 2. The first-order valence-corrected chi connectivity index (χ1v) is 12.9. The molecule has 34 heavy (non-hydrogen) atoms. The Morgan fingerprint density at radius 3 is 2.59 bits per heavy atom. The van der Waals surface area contributed by atoms with Crippen molar-refractivity contribution in [1.29, 1.82) is 0 Å². The predicted molar refractivity (Wildman–Crippen MR) is 123 cm³/mol. The molecule has 2 aliphatic heterocycles. The van der Waals surface area contributed by atoms with Crippen LogP contribution in [0.2, 0.25) is 0 Å². The average Bonchev–Trinajstić information content (AvgIpc) is 3.11. The van der Waals surface area contributed by atoms with Crippen LogP contribution in [0, 0.1) is 5.92 Å². The SMILES string of the molecule is CCOP(=O)(COC1C=CC2C(=C1)Oc1cc(O)ccc1C21OC(=O)c2ccccc21)OCC. The average molecular weight is 484 g/mol. The van der Waals surface area contributed by atoms with Crippen LogP contribution in [0.3, 0.4) is 0 Å². The lowest BCUT2D eigenvalue weighted by Gasteiger charge is -2.43. The molecular formula is C25H25O8P. The van der Waals surface area contributed by atoms with Gasteiger partial charge in [-0.15, -0.1) is 0 Å². The zero-order valence-electron chi connectivity index (χ0n) is 18.8. The molecule has 8 nitrogen and oxygen atoms in total. The predicted octanol–water partition coefficient (Wildman–Crippen LogP) is 4.88. The number of carbonyl (C=O) groups is 1. The van der Waals surface area contributed by atoms with Gasteiger partial charge >= 0.3 is 13.6 Å². The maximum atomic E-state index is 12.9. The number of esters is 1. The Labute approximate surface area is 197 Å². The molecule has 1 N–H and O–H groups in total. The lowest BCUT2D eigenvalue weighted by molar-refractivity contribution is -0.0160. The Kier molecular flexibility index (Phi) is 5.86. The molecule has 178 valence electrons. The highest BCUT2D eigenvalue weighted by molar-refractivity contribution is 7.53. The molecule has 3 atom stereocenters. The largest absolute Gasteiger partial charge is 0.508 e. The third kappa shape index (κ3) is 3.67. The summed E-state index contributed by atoms with van der Waals surface area (Å²) in [5.41, 5.74) is 0.719. The Bertz CT molecular complexity index is 1230. The van der Waals surface area contributed by atoms with E-state index < -0.39 is 31.2 Å². The van der Waals surface area contributed by atoms with Crippen molar-refractivity contribution >= 4 is 13.6 Å². The van der Waals surface area contributed by atoms with E-state index in [1.807, 2.05) is 24.3 Å². The van der Waals surface area contributed by atoms with Crippen molar-refractivity contribution in [3.05, 3.63) is 83.1 Å². The van der Waals surface area contributed by atoms with Crippen molar-refractivity contribution in [2.75, 3.05) is 19.6 Å². The summed E-state index contributed by atoms with van der Waals surface area (Å²) in [6.07, 6.45) is 4.64. The first kappa shape index (κ1) is 22.9. The second-order valence-electron chi connectivity index (χ2n) is 8.09. The Morgan fingerprint density at radius 1 is 1.06 bits per heavy atom. The molecule has 0 aromatic heterocycles. The van der Waals surface area contributed by atoms with Gasteiger partial charge in [0.25, 0.3) is 0 Å². The van der Waals surface area contributed by atoms with Crippen molar-refractivity contribution in [3.8, 4) is 11.5 Å². The van der Waals surface area contributed by atoms with Crippen molar-refractivity contribution < 1.29 is 37.7 Å². The number of carbonyl (C=O) groups excluding carboxylic acids is 1. The third-order valence-corrected chi connectivity index (χ3v) is 7.81. The van der Waals surface area contributed by atoms with E-state index in [0.717, 1.165) is 5.56 Å². The Balaban J connectivity index is 1.53. The fourth-order valence-corrected chi connectivity index (χ4v) is 6.09. The number of hydrogen-bond acceptors (Lipinski definition) is 8. The van der Waals surface area contributed by atoms with E-state index in [1.54, 1.807) is 44.2 Å². The lowest BCUT2D eigenvalue weighted by atomic mass is 9.71. The van der Waals surface area contributed by atoms with Gasteiger partial charge in [-0.2, -0.15) is 0 Å². The molecule has 0 saturated heterocycles. The topological polar surface area (TPSA) is 101 Å². The Morgan fingerprint density at radius 2 is 1.82 bits per heavy atom. The molecule has 0 bridgehead atoms. The van der Waals surface area contributed by atoms with E-state index >= 15 is 0 Å². The second-order valence-corrected chi connectivity index (χ2v) is 10.1. The normalized spacial score (nSPS) is 24.6. The quantitative estimate of drug-likeness (QED) is 0.337. The van der Waals surface area contributed by atoms with Crippen LogP contribution < -0.4 is 4.74 Å². The van der Waals surface area contributed by atoms with Crippen molar-refractivity contribution in [3.63, 3.8) is 0 Å². The summed E-state index contributed by atoms with van der Waals surface area (Å²) >= 11 is 0. The maximum absolute atomic E-state index is 12.9. The zero-order chi connectivity index (χ0) is 23.9. The molecule has 5 rings (SSSR count). The molecule has 0 radical (unpaired) electrons. The lowest BCUT2D eigenvalue weighted by Crippen LogP contribution is -2.43. The summed E-state index contributed by atoms with van der Waals surface area (Å²) in [6, 6.07) is 12.0. The van der Waals surface area contributed by atoms with E-state index in [2.05, 4.69) is 0 Å². The fourth-order valence-electron chi connectivity index (χ4n) is 4.73. The molecule has 1 aliphatic carbocycles. The summed E-state index contributed by atoms with van der Waals surface area (Å²) < 4.78 is 41.5. The first-order chi connectivity index (χ1) is 16.4. The van der Waals surface area contributed by atoms with Gasteiger partial charge in [0.1, 0.15) is 23.6 Å². The standard InChI is InChI=1S/C25H25O8P/c1-3-30-34(28,31-4-2)15-29-17-10-12-21-23(14-17)32-22-13-16(26)9-11-20(22)25(21)19-8-6-5-7-18(19)24(27)33-25/h5-14,17,21,26H,3-4,15H2,1-2H3. The van der Waals surface area contributed by atoms with E-state index in [4.69, 9.17) is 23.3 Å². The minimum absolute atomic E-state index is 0.0269. The van der Waals surface area contributed by atoms with E-state index in [1.165, 1.54) is 6.07 Å². The molecule has 3 unspecified atom stereocenters. The molecule has 2 aromatic carbocycles. The number of phenolic OH excluding ortho intramolecular Hbond substituents is 1.